The predicted octanol–water partition coefficient (Wildman–Crippen LogP) is -0.489. The van der Waals surface area contributed by atoms with Crippen LogP contribution >= 0.6 is 0 Å². The molecule has 0 unspecified atom stereocenters. The molecule has 0 aliphatic rings. The summed E-state index contributed by atoms with van der Waals surface area (Å²) >= 11 is 0. The second kappa shape index (κ2) is 23.7. The third-order valence-electron chi connectivity index (χ3n) is 0.408. The van der Waals surface area contributed by atoms with Crippen molar-refractivity contribution >= 4 is 0 Å². The Morgan fingerprint density at radius 1 is 0.889 bits per heavy atom. The van der Waals surface area contributed by atoms with Gasteiger partial charge in [-0.1, -0.05) is 26.7 Å². The summed E-state index contributed by atoms with van der Waals surface area (Å²) in [5, 5.41) is 18.6. The van der Waals surface area contributed by atoms with Crippen molar-refractivity contribution in [1.82, 2.24) is 0 Å². The van der Waals surface area contributed by atoms with E-state index in [1.807, 2.05) is 13.8 Å². The van der Waals surface area contributed by atoms with Crippen LogP contribution in [0.25, 0.3) is 0 Å². The van der Waals surface area contributed by atoms with E-state index in [1.54, 1.807) is 0 Å². The first-order valence-electron chi connectivity index (χ1n) is 2.99. The van der Waals surface area contributed by atoms with E-state index >= 15 is 0 Å². The van der Waals surface area contributed by atoms with Crippen molar-refractivity contribution in [2.24, 2.45) is 0 Å². The van der Waals surface area contributed by atoms with Crippen LogP contribution in [0.15, 0.2) is 0 Å². The molecule has 3 heteroatoms. The number of hydrogen-bond acceptors (Lipinski definition) is 2. The first-order chi connectivity index (χ1) is 3.83. The first-order valence-corrected chi connectivity index (χ1v) is 2.99. The maximum atomic E-state index is 9.30. The largest absolute Gasteiger partial charge is 2.00 e. The molecule has 2 nitrogen and oxygen atoms in total. The molecule has 9 heavy (non-hydrogen) atoms. The van der Waals surface area contributed by atoms with Gasteiger partial charge in [-0.3, -0.25) is 0 Å². The predicted molar refractivity (Wildman–Crippen MR) is 30.3 cm³/mol. The minimum absolute atomic E-state index is 0. The summed E-state index contributed by atoms with van der Waals surface area (Å²) in [5.41, 5.74) is 0. The van der Waals surface area contributed by atoms with Crippen LogP contribution in [0.3, 0.4) is 0 Å². The van der Waals surface area contributed by atoms with Crippen molar-refractivity contribution in [3.05, 3.63) is 0 Å². The molecule has 0 aliphatic heterocycles. The van der Waals surface area contributed by atoms with E-state index < -0.39 is 0 Å². The topological polar surface area (TPSA) is 46.1 Å². The summed E-state index contributed by atoms with van der Waals surface area (Å²) in [6.07, 6.45) is 1.53. The third-order valence-corrected chi connectivity index (χ3v) is 0.408. The minimum atomic E-state index is 0. The molecule has 0 aromatic carbocycles. The molecule has 0 amide bonds. The van der Waals surface area contributed by atoms with E-state index in [1.165, 1.54) is 0 Å². The van der Waals surface area contributed by atoms with Gasteiger partial charge in [0.05, 0.1) is 0 Å². The standard InChI is InChI=1S/2C3H7O.Fe/c2*1-2-3-4;/h2*2-3H2,1H3;/q2*-1;+2. The average Bonchev–Trinajstić information content (AvgIpc) is 1.88. The maximum absolute atomic E-state index is 9.30. The molecule has 0 saturated carbocycles. The molecule has 0 spiro atoms. The molecule has 0 atom stereocenters. The fourth-order valence-corrected chi connectivity index (χ4v) is 0. The summed E-state index contributed by atoms with van der Waals surface area (Å²) in [5.74, 6) is 0. The molecular formula is C6H14FeO2. The van der Waals surface area contributed by atoms with Gasteiger partial charge in [-0.25, -0.2) is 0 Å². The fourth-order valence-electron chi connectivity index (χ4n) is 0. The molecule has 0 fully saturated rings. The summed E-state index contributed by atoms with van der Waals surface area (Å²) < 4.78 is 0. The Balaban J connectivity index is -0.0000000720. The van der Waals surface area contributed by atoms with Crippen LogP contribution in [0.1, 0.15) is 26.7 Å². The van der Waals surface area contributed by atoms with Crippen LogP contribution in [0.4, 0.5) is 0 Å². The van der Waals surface area contributed by atoms with Gasteiger partial charge < -0.3 is 10.2 Å². The second-order valence-electron chi connectivity index (χ2n) is 1.41. The van der Waals surface area contributed by atoms with Gasteiger partial charge in [-0.15, -0.1) is 13.2 Å². The first kappa shape index (κ1) is 16.2. The third kappa shape index (κ3) is 58.8. The number of hydrogen-bond donors (Lipinski definition) is 0. The molecule has 0 radical (unpaired) electrons. The molecule has 0 N–H and O–H groups in total. The Hall–Kier alpha value is 0.439. The van der Waals surface area contributed by atoms with E-state index in [-0.39, 0.29) is 30.3 Å². The molecule has 58 valence electrons. The molecule has 0 aromatic heterocycles. The van der Waals surface area contributed by atoms with Crippen LogP contribution in [-0.4, -0.2) is 13.2 Å². The summed E-state index contributed by atoms with van der Waals surface area (Å²) in [6, 6.07) is 0. The average molecular weight is 174 g/mol. The van der Waals surface area contributed by atoms with Gasteiger partial charge in [-0.05, 0) is 0 Å². The van der Waals surface area contributed by atoms with Crippen molar-refractivity contribution in [3.63, 3.8) is 0 Å². The van der Waals surface area contributed by atoms with Crippen LogP contribution in [0, 0.1) is 0 Å². The van der Waals surface area contributed by atoms with Crippen molar-refractivity contribution in [2.45, 2.75) is 26.7 Å². The molecule has 0 aliphatic carbocycles. The van der Waals surface area contributed by atoms with Crippen LogP contribution in [0.5, 0.6) is 0 Å². The van der Waals surface area contributed by atoms with Crippen LogP contribution in [0.2, 0.25) is 0 Å². The minimum Gasteiger partial charge on any atom is -0.854 e. The fraction of sp³-hybridized carbons (Fsp3) is 1.00. The molecule has 0 aromatic rings. The summed E-state index contributed by atoms with van der Waals surface area (Å²) in [6.45, 7) is 3.88. The van der Waals surface area contributed by atoms with Gasteiger partial charge in [0, 0.05) is 0 Å². The monoisotopic (exact) mass is 174 g/mol. The quantitative estimate of drug-likeness (QED) is 0.530. The molecule has 0 saturated heterocycles. The van der Waals surface area contributed by atoms with Crippen molar-refractivity contribution < 1.29 is 27.3 Å². The van der Waals surface area contributed by atoms with Gasteiger partial charge >= 0.3 is 17.1 Å². The van der Waals surface area contributed by atoms with E-state index in [0.717, 1.165) is 12.8 Å². The molecule has 0 bridgehead atoms. The summed E-state index contributed by atoms with van der Waals surface area (Å²) in [4.78, 5) is 0. The van der Waals surface area contributed by atoms with Crippen LogP contribution < -0.4 is 10.2 Å². The number of rotatable bonds is 2. The van der Waals surface area contributed by atoms with Crippen LogP contribution in [-0.2, 0) is 17.1 Å². The Kier molecular flexibility index (Phi) is 42.7. The van der Waals surface area contributed by atoms with Gasteiger partial charge in [-0.2, -0.15) is 0 Å². The van der Waals surface area contributed by atoms with Crippen molar-refractivity contribution in [1.29, 1.82) is 0 Å². The normalized spacial score (nSPS) is 6.67. The SMILES string of the molecule is CCC[O-].CCC[O-].[Fe+2]. The van der Waals surface area contributed by atoms with E-state index in [2.05, 4.69) is 0 Å². The van der Waals surface area contributed by atoms with E-state index in [4.69, 9.17) is 0 Å². The zero-order valence-electron chi connectivity index (χ0n) is 6.00. The molecule has 0 heterocycles. The Bertz CT molecular complexity index is 19.0. The molecular weight excluding hydrogens is 160 g/mol. The summed E-state index contributed by atoms with van der Waals surface area (Å²) in [7, 11) is 0. The van der Waals surface area contributed by atoms with Gasteiger partial charge in [0.1, 0.15) is 0 Å². The Morgan fingerprint density at radius 2 is 1.00 bits per heavy atom. The van der Waals surface area contributed by atoms with Crippen molar-refractivity contribution in [3.8, 4) is 0 Å². The zero-order chi connectivity index (χ0) is 6.83. The van der Waals surface area contributed by atoms with Crippen molar-refractivity contribution in [2.75, 3.05) is 13.2 Å². The Labute approximate surface area is 67.8 Å². The van der Waals surface area contributed by atoms with Gasteiger partial charge in [0.15, 0.2) is 0 Å². The smallest absolute Gasteiger partial charge is 0.854 e. The van der Waals surface area contributed by atoms with Gasteiger partial charge in [0.2, 0.25) is 0 Å². The van der Waals surface area contributed by atoms with E-state index in [0.29, 0.717) is 0 Å². The zero-order valence-corrected chi connectivity index (χ0v) is 7.10. The molecule has 0 rings (SSSR count). The second-order valence-corrected chi connectivity index (χ2v) is 1.41. The maximum Gasteiger partial charge on any atom is 2.00 e. The Morgan fingerprint density at radius 3 is 1.00 bits per heavy atom. The van der Waals surface area contributed by atoms with E-state index in [9.17, 15) is 10.2 Å². The van der Waals surface area contributed by atoms with Gasteiger partial charge in [0.25, 0.3) is 0 Å².